The van der Waals surface area contributed by atoms with Gasteiger partial charge in [0, 0.05) is 31.9 Å². The van der Waals surface area contributed by atoms with Gasteiger partial charge in [-0.1, -0.05) is 24.5 Å². The third-order valence-electron chi connectivity index (χ3n) is 5.34. The Morgan fingerprint density at radius 3 is 2.25 bits per heavy atom. The van der Waals surface area contributed by atoms with Crippen molar-refractivity contribution in [2.45, 2.75) is 52.7 Å². The van der Waals surface area contributed by atoms with Crippen LogP contribution < -0.4 is 10.4 Å². The zero-order chi connectivity index (χ0) is 18.0. The van der Waals surface area contributed by atoms with E-state index in [2.05, 4.69) is 41.8 Å². The molecule has 0 unspecified atom stereocenters. The smallest absolute Gasteiger partial charge is 0.330 e. The largest absolute Gasteiger partial charge is 0.427 e. The predicted molar refractivity (Wildman–Crippen MR) is 102 cm³/mol. The Balaban J connectivity index is 2.00. The van der Waals surface area contributed by atoms with Crippen LogP contribution in [0, 0.1) is 6.92 Å². The molecule has 1 radical (unpaired) electrons. The van der Waals surface area contributed by atoms with E-state index < -0.39 is 11.2 Å². The molecular formula is C19H32BN2O2. The van der Waals surface area contributed by atoms with E-state index in [1.165, 1.54) is 11.3 Å². The monoisotopic (exact) mass is 331 g/mol. The number of hydrogen-bond acceptors (Lipinski definition) is 4. The summed E-state index contributed by atoms with van der Waals surface area (Å²) in [7, 11) is 1.75. The van der Waals surface area contributed by atoms with Crippen LogP contribution in [0.5, 0.6) is 0 Å². The van der Waals surface area contributed by atoms with Crippen molar-refractivity contribution >= 4 is 18.6 Å². The van der Waals surface area contributed by atoms with E-state index in [1.54, 1.807) is 21.3 Å². The molecule has 0 amide bonds. The van der Waals surface area contributed by atoms with E-state index in [-0.39, 0.29) is 0 Å². The highest BCUT2D eigenvalue weighted by Crippen LogP contribution is 2.25. The number of anilines is 1. The molecule has 1 N–H and O–H groups in total. The number of aliphatic hydroxyl groups is 1. The Kier molecular flexibility index (Phi) is 6.00. The van der Waals surface area contributed by atoms with E-state index in [0.717, 1.165) is 38.2 Å². The van der Waals surface area contributed by atoms with Crippen molar-refractivity contribution in [3.63, 3.8) is 0 Å². The van der Waals surface area contributed by atoms with Gasteiger partial charge < -0.3 is 19.6 Å². The molecule has 0 bridgehead atoms. The van der Waals surface area contributed by atoms with Crippen molar-refractivity contribution in [3.8, 4) is 0 Å². The molecule has 0 aliphatic carbocycles. The van der Waals surface area contributed by atoms with Gasteiger partial charge in [-0.3, -0.25) is 0 Å². The lowest BCUT2D eigenvalue weighted by atomic mass is 9.82. The summed E-state index contributed by atoms with van der Waals surface area (Å²) in [5, 5.41) is 10.2. The van der Waals surface area contributed by atoms with Crippen LogP contribution in [0.4, 0.5) is 5.69 Å². The standard InChI is InChI=1S/C19H32BN2O2/c1-7-21-10-12-22(13-11-21)17-9-8-16(14-15(17)2)20-24-19(5,6)18(3,4)23/h8-9,14,23H,7,10-13H2,1-6H3. The van der Waals surface area contributed by atoms with E-state index in [4.69, 9.17) is 4.65 Å². The minimum Gasteiger partial charge on any atom is -0.427 e. The van der Waals surface area contributed by atoms with Crippen molar-refractivity contribution in [2.24, 2.45) is 0 Å². The van der Waals surface area contributed by atoms with Gasteiger partial charge in [0.1, 0.15) is 0 Å². The van der Waals surface area contributed by atoms with Crippen molar-refractivity contribution in [2.75, 3.05) is 37.6 Å². The summed E-state index contributed by atoms with van der Waals surface area (Å²) in [5.41, 5.74) is 2.05. The molecule has 133 valence electrons. The maximum atomic E-state index is 10.2. The first-order valence-electron chi connectivity index (χ1n) is 8.95. The summed E-state index contributed by atoms with van der Waals surface area (Å²) in [6.45, 7) is 17.3. The first-order valence-corrected chi connectivity index (χ1v) is 8.95. The highest BCUT2D eigenvalue weighted by molar-refractivity contribution is 6.47. The molecule has 1 aliphatic heterocycles. The van der Waals surface area contributed by atoms with Crippen LogP contribution in [0.3, 0.4) is 0 Å². The lowest BCUT2D eigenvalue weighted by Gasteiger charge is -2.38. The van der Waals surface area contributed by atoms with Crippen LogP contribution in [0.1, 0.15) is 40.2 Å². The molecule has 1 fully saturated rings. The number of piperazine rings is 1. The van der Waals surface area contributed by atoms with Gasteiger partial charge in [0.2, 0.25) is 0 Å². The minimum absolute atomic E-state index is 0.643. The minimum atomic E-state index is -0.905. The number of benzene rings is 1. The fraction of sp³-hybridized carbons (Fsp3) is 0.684. The number of rotatable bonds is 6. The van der Waals surface area contributed by atoms with Gasteiger partial charge in [0.25, 0.3) is 0 Å². The SMILES string of the molecule is CCN1CCN(c2ccc([B]OC(C)(C)C(C)(C)O)cc2C)CC1. The first-order chi connectivity index (χ1) is 11.1. The Labute approximate surface area is 148 Å². The summed E-state index contributed by atoms with van der Waals surface area (Å²) in [6.07, 6.45) is 0. The van der Waals surface area contributed by atoms with Gasteiger partial charge in [-0.25, -0.2) is 0 Å². The zero-order valence-corrected chi connectivity index (χ0v) is 16.1. The molecule has 0 atom stereocenters. The molecule has 0 saturated carbocycles. The molecular weight excluding hydrogens is 299 g/mol. The van der Waals surface area contributed by atoms with Crippen LogP contribution in [0.25, 0.3) is 0 Å². The summed E-state index contributed by atoms with van der Waals surface area (Å²) >= 11 is 0. The Hall–Kier alpha value is -1.04. The molecule has 1 aliphatic rings. The average molecular weight is 331 g/mol. The molecule has 2 rings (SSSR count). The predicted octanol–water partition coefficient (Wildman–Crippen LogP) is 1.95. The van der Waals surface area contributed by atoms with Gasteiger partial charge >= 0.3 is 7.48 Å². The third-order valence-corrected chi connectivity index (χ3v) is 5.34. The third kappa shape index (κ3) is 4.53. The van der Waals surface area contributed by atoms with Gasteiger partial charge in [0.15, 0.2) is 0 Å². The van der Waals surface area contributed by atoms with Crippen molar-refractivity contribution < 1.29 is 9.76 Å². The number of likely N-dealkylation sites (N-methyl/N-ethyl adjacent to an activating group) is 1. The van der Waals surface area contributed by atoms with Crippen LogP contribution >= 0.6 is 0 Å². The highest BCUT2D eigenvalue weighted by atomic mass is 16.5. The summed E-state index contributed by atoms with van der Waals surface area (Å²) in [5.74, 6) is 0. The lowest BCUT2D eigenvalue weighted by molar-refractivity contribution is -0.0893. The zero-order valence-electron chi connectivity index (χ0n) is 16.1. The average Bonchev–Trinajstić information content (AvgIpc) is 2.52. The Bertz CT molecular complexity index is 547. The van der Waals surface area contributed by atoms with E-state index >= 15 is 0 Å². The fourth-order valence-electron chi connectivity index (χ4n) is 2.77. The van der Waals surface area contributed by atoms with Gasteiger partial charge in [0.05, 0.1) is 11.2 Å². The number of nitrogens with zero attached hydrogens (tertiary/aromatic N) is 2. The molecule has 0 spiro atoms. The van der Waals surface area contributed by atoms with Crippen molar-refractivity contribution in [3.05, 3.63) is 23.8 Å². The molecule has 1 aromatic carbocycles. The summed E-state index contributed by atoms with van der Waals surface area (Å²) in [6, 6.07) is 6.43. The first kappa shape index (κ1) is 19.3. The normalized spacial score (nSPS) is 17.2. The van der Waals surface area contributed by atoms with Crippen molar-refractivity contribution in [1.82, 2.24) is 4.90 Å². The molecule has 1 heterocycles. The summed E-state index contributed by atoms with van der Waals surface area (Å²) in [4.78, 5) is 4.95. The Morgan fingerprint density at radius 1 is 1.12 bits per heavy atom. The molecule has 24 heavy (non-hydrogen) atoms. The van der Waals surface area contributed by atoms with Crippen LogP contribution in [-0.2, 0) is 4.65 Å². The lowest BCUT2D eigenvalue weighted by Crippen LogP contribution is -2.49. The van der Waals surface area contributed by atoms with Crippen LogP contribution in [0.15, 0.2) is 18.2 Å². The molecule has 1 aromatic rings. The number of aryl methyl sites for hydroxylation is 1. The second kappa shape index (κ2) is 7.46. The highest BCUT2D eigenvalue weighted by Gasteiger charge is 2.35. The molecule has 5 heteroatoms. The van der Waals surface area contributed by atoms with E-state index in [1.807, 2.05) is 13.8 Å². The molecule has 4 nitrogen and oxygen atoms in total. The maximum Gasteiger partial charge on any atom is 0.330 e. The fourth-order valence-corrected chi connectivity index (χ4v) is 2.77. The second-order valence-corrected chi connectivity index (χ2v) is 7.77. The number of hydrogen-bond donors (Lipinski definition) is 1. The molecule has 1 saturated heterocycles. The maximum absolute atomic E-state index is 10.2. The topological polar surface area (TPSA) is 35.9 Å². The summed E-state index contributed by atoms with van der Waals surface area (Å²) < 4.78 is 5.85. The van der Waals surface area contributed by atoms with Crippen LogP contribution in [-0.4, -0.2) is 61.4 Å². The van der Waals surface area contributed by atoms with Crippen LogP contribution in [0.2, 0.25) is 0 Å². The Morgan fingerprint density at radius 2 is 1.75 bits per heavy atom. The molecule has 0 aromatic heterocycles. The van der Waals surface area contributed by atoms with Gasteiger partial charge in [-0.15, -0.1) is 0 Å². The quantitative estimate of drug-likeness (QED) is 0.809. The second-order valence-electron chi connectivity index (χ2n) is 7.77. The van der Waals surface area contributed by atoms with Gasteiger partial charge in [-0.05, 0) is 52.8 Å². The van der Waals surface area contributed by atoms with E-state index in [0.29, 0.717) is 0 Å². The van der Waals surface area contributed by atoms with Gasteiger partial charge in [-0.2, -0.15) is 0 Å². The van der Waals surface area contributed by atoms with E-state index in [9.17, 15) is 5.11 Å². The van der Waals surface area contributed by atoms with Crippen molar-refractivity contribution in [1.29, 1.82) is 0 Å².